The molecule has 1 N–H and O–H groups in total. The number of ether oxygens (including phenoxy) is 2. The van der Waals surface area contributed by atoms with Crippen molar-refractivity contribution in [3.05, 3.63) is 56.9 Å². The minimum Gasteiger partial charge on any atom is -0.496 e. The normalized spacial score (nSPS) is 18.9. The number of fused-ring (bicyclic) bond motifs is 5. The van der Waals surface area contributed by atoms with Gasteiger partial charge in [0.25, 0.3) is 5.56 Å². The highest BCUT2D eigenvalue weighted by atomic mass is 16.6. The van der Waals surface area contributed by atoms with Crippen LogP contribution in [0.2, 0.25) is 0 Å². The molecule has 2 aromatic heterocycles. The SMILES string of the molecule is CC[C@@]1(O)C(=O)OCc2c1cc1n(c2=O)Cc2c-1nc1cccc(OC)c1c2C#N. The third kappa shape index (κ3) is 2.15. The van der Waals surface area contributed by atoms with Gasteiger partial charge in [0.15, 0.2) is 5.60 Å². The summed E-state index contributed by atoms with van der Waals surface area (Å²) in [5, 5.41) is 21.4. The molecule has 5 rings (SSSR count). The fourth-order valence-electron chi connectivity index (χ4n) is 4.39. The average molecular weight is 403 g/mol. The third-order valence-electron chi connectivity index (χ3n) is 6.01. The van der Waals surface area contributed by atoms with Gasteiger partial charge in [0, 0.05) is 11.1 Å². The Balaban J connectivity index is 1.86. The molecule has 0 saturated carbocycles. The van der Waals surface area contributed by atoms with Crippen LogP contribution in [0.3, 0.4) is 0 Å². The van der Waals surface area contributed by atoms with Crippen molar-refractivity contribution in [2.45, 2.75) is 32.1 Å². The molecule has 2 aliphatic rings. The highest BCUT2D eigenvalue weighted by Gasteiger charge is 2.45. The lowest BCUT2D eigenvalue weighted by atomic mass is 9.86. The van der Waals surface area contributed by atoms with Gasteiger partial charge in [0.05, 0.1) is 47.1 Å². The van der Waals surface area contributed by atoms with Gasteiger partial charge >= 0.3 is 5.97 Å². The number of aromatic nitrogens is 2. The fourth-order valence-corrected chi connectivity index (χ4v) is 4.39. The Kier molecular flexibility index (Phi) is 3.76. The van der Waals surface area contributed by atoms with Gasteiger partial charge in [-0.3, -0.25) is 4.79 Å². The zero-order chi connectivity index (χ0) is 21.2. The lowest BCUT2D eigenvalue weighted by molar-refractivity contribution is -0.172. The molecule has 1 aromatic carbocycles. The largest absolute Gasteiger partial charge is 0.496 e. The first-order valence-corrected chi connectivity index (χ1v) is 9.51. The predicted molar refractivity (Wildman–Crippen MR) is 106 cm³/mol. The number of hydrogen-bond acceptors (Lipinski definition) is 7. The van der Waals surface area contributed by atoms with Crippen LogP contribution in [0.25, 0.3) is 22.3 Å². The van der Waals surface area contributed by atoms with Crippen molar-refractivity contribution in [2.75, 3.05) is 7.11 Å². The molecule has 4 heterocycles. The van der Waals surface area contributed by atoms with E-state index in [-0.39, 0.29) is 36.3 Å². The molecule has 30 heavy (non-hydrogen) atoms. The zero-order valence-corrected chi connectivity index (χ0v) is 16.4. The first kappa shape index (κ1) is 18.3. The van der Waals surface area contributed by atoms with Crippen molar-refractivity contribution in [1.82, 2.24) is 9.55 Å². The number of nitriles is 1. The molecule has 0 radical (unpaired) electrons. The van der Waals surface area contributed by atoms with Crippen LogP contribution in [-0.2, 0) is 28.3 Å². The van der Waals surface area contributed by atoms with E-state index in [0.717, 1.165) is 0 Å². The van der Waals surface area contributed by atoms with Gasteiger partial charge in [-0.2, -0.15) is 5.26 Å². The van der Waals surface area contributed by atoms with Crippen LogP contribution in [-0.4, -0.2) is 27.7 Å². The van der Waals surface area contributed by atoms with E-state index >= 15 is 0 Å². The van der Waals surface area contributed by atoms with Gasteiger partial charge in [0.2, 0.25) is 0 Å². The van der Waals surface area contributed by atoms with Crippen molar-refractivity contribution in [3.63, 3.8) is 0 Å². The van der Waals surface area contributed by atoms with E-state index in [9.17, 15) is 20.0 Å². The first-order chi connectivity index (χ1) is 14.4. The Bertz CT molecular complexity index is 1370. The second kappa shape index (κ2) is 6.15. The number of aliphatic hydroxyl groups is 1. The number of rotatable bonds is 2. The van der Waals surface area contributed by atoms with Crippen LogP contribution in [0.1, 0.15) is 35.6 Å². The lowest BCUT2D eigenvalue weighted by Gasteiger charge is -2.31. The van der Waals surface area contributed by atoms with E-state index in [4.69, 9.17) is 14.5 Å². The zero-order valence-electron chi connectivity index (χ0n) is 16.4. The summed E-state index contributed by atoms with van der Waals surface area (Å²) in [7, 11) is 1.53. The summed E-state index contributed by atoms with van der Waals surface area (Å²) < 4.78 is 12.0. The Morgan fingerprint density at radius 1 is 1.37 bits per heavy atom. The topological polar surface area (TPSA) is 114 Å². The van der Waals surface area contributed by atoms with Crippen molar-refractivity contribution in [3.8, 4) is 23.2 Å². The van der Waals surface area contributed by atoms with Gasteiger partial charge in [0.1, 0.15) is 18.4 Å². The van der Waals surface area contributed by atoms with Crippen LogP contribution in [0, 0.1) is 11.3 Å². The number of benzene rings is 1. The molecule has 0 fully saturated rings. The number of pyridine rings is 2. The minimum absolute atomic E-state index is 0.0698. The van der Waals surface area contributed by atoms with Crippen molar-refractivity contribution < 1.29 is 19.4 Å². The molecule has 0 unspecified atom stereocenters. The van der Waals surface area contributed by atoms with Gasteiger partial charge in [-0.1, -0.05) is 13.0 Å². The summed E-state index contributed by atoms with van der Waals surface area (Å²) in [5.41, 5.74) is 0.776. The maximum absolute atomic E-state index is 13.2. The molecule has 2 aliphatic heterocycles. The summed E-state index contributed by atoms with van der Waals surface area (Å²) in [6.45, 7) is 1.63. The van der Waals surface area contributed by atoms with Gasteiger partial charge in [-0.15, -0.1) is 0 Å². The lowest BCUT2D eigenvalue weighted by Crippen LogP contribution is -2.44. The second-order valence-corrected chi connectivity index (χ2v) is 7.38. The smallest absolute Gasteiger partial charge is 0.343 e. The molecule has 0 amide bonds. The van der Waals surface area contributed by atoms with Crippen molar-refractivity contribution in [1.29, 1.82) is 5.26 Å². The number of cyclic esters (lactones) is 1. The number of carbonyl (C=O) groups is 1. The highest BCUT2D eigenvalue weighted by molar-refractivity contribution is 5.95. The summed E-state index contributed by atoms with van der Waals surface area (Å²) in [6.07, 6.45) is 0.0698. The Labute approximate surface area is 170 Å². The second-order valence-electron chi connectivity index (χ2n) is 7.38. The Morgan fingerprint density at radius 2 is 2.17 bits per heavy atom. The number of carbonyl (C=O) groups excluding carboxylic acids is 1. The average Bonchev–Trinajstić information content (AvgIpc) is 3.13. The van der Waals surface area contributed by atoms with E-state index in [0.29, 0.717) is 39.2 Å². The predicted octanol–water partition coefficient (Wildman–Crippen LogP) is 1.96. The third-order valence-corrected chi connectivity index (χ3v) is 6.01. The number of nitrogens with zero attached hydrogens (tertiary/aromatic N) is 3. The highest BCUT2D eigenvalue weighted by Crippen LogP contribution is 2.41. The summed E-state index contributed by atoms with van der Waals surface area (Å²) >= 11 is 0. The molecule has 8 heteroatoms. The Morgan fingerprint density at radius 3 is 2.87 bits per heavy atom. The van der Waals surface area contributed by atoms with Gasteiger partial charge in [-0.25, -0.2) is 9.78 Å². The number of methoxy groups -OCH3 is 1. The quantitative estimate of drug-likeness (QED) is 0.509. The standard InChI is InChI=1S/C22H17N3O5/c1-3-22(28)14-7-16-19-12(9-25(16)20(26)13(14)10-30-21(22)27)11(8-23)18-15(24-19)5-4-6-17(18)29-2/h4-7,28H,3,9-10H2,1-2H3/t22-/m0/s1. The van der Waals surface area contributed by atoms with Crippen LogP contribution in [0.15, 0.2) is 29.1 Å². The molecule has 8 nitrogen and oxygen atoms in total. The van der Waals surface area contributed by atoms with E-state index in [1.54, 1.807) is 31.2 Å². The molecule has 1 atom stereocenters. The number of hydrogen-bond donors (Lipinski definition) is 1. The van der Waals surface area contributed by atoms with E-state index in [1.165, 1.54) is 11.7 Å². The minimum atomic E-state index is -1.89. The summed E-state index contributed by atoms with van der Waals surface area (Å²) in [4.78, 5) is 30.2. The van der Waals surface area contributed by atoms with Crippen LogP contribution < -0.4 is 10.3 Å². The van der Waals surface area contributed by atoms with E-state index < -0.39 is 11.6 Å². The van der Waals surface area contributed by atoms with E-state index in [1.807, 2.05) is 0 Å². The summed E-state index contributed by atoms with van der Waals surface area (Å²) in [5.74, 6) is -0.240. The first-order valence-electron chi connectivity index (χ1n) is 9.51. The fraction of sp³-hybridized carbons (Fsp3) is 0.273. The Hall–Kier alpha value is -3.70. The van der Waals surface area contributed by atoms with Gasteiger partial charge in [-0.05, 0) is 24.6 Å². The molecule has 0 bridgehead atoms. The molecule has 150 valence electrons. The monoisotopic (exact) mass is 403 g/mol. The van der Waals surface area contributed by atoms with Crippen molar-refractivity contribution >= 4 is 16.9 Å². The van der Waals surface area contributed by atoms with Gasteiger partial charge < -0.3 is 19.1 Å². The van der Waals surface area contributed by atoms with Crippen LogP contribution in [0.4, 0.5) is 0 Å². The molecule has 0 saturated heterocycles. The van der Waals surface area contributed by atoms with Crippen molar-refractivity contribution in [2.24, 2.45) is 0 Å². The number of esters is 1. The maximum atomic E-state index is 13.2. The molecule has 0 spiro atoms. The molecule has 3 aromatic rings. The molecular formula is C22H17N3O5. The van der Waals surface area contributed by atoms with E-state index in [2.05, 4.69) is 6.07 Å². The van der Waals surface area contributed by atoms with Crippen LogP contribution in [0.5, 0.6) is 5.75 Å². The molecular weight excluding hydrogens is 386 g/mol. The molecule has 0 aliphatic carbocycles. The van der Waals surface area contributed by atoms with Crippen LogP contribution >= 0.6 is 0 Å². The summed E-state index contributed by atoms with van der Waals surface area (Å²) in [6, 6.07) is 9.19. The maximum Gasteiger partial charge on any atom is 0.343 e.